The standard InChI is InChI=1S/C18H21Cl2N5O/c1-13(26)24(19)15-7-11-23(12-8-15)17-22-21-16(25(17)20)18(9-10-18)14-5-3-2-4-6-14/h2-6,15H,7-12H2,1H3. The fourth-order valence-electron chi connectivity index (χ4n) is 3.81. The van der Waals surface area contributed by atoms with E-state index < -0.39 is 0 Å². The molecule has 2 aromatic rings. The van der Waals surface area contributed by atoms with E-state index >= 15 is 0 Å². The highest BCUT2D eigenvalue weighted by Gasteiger charge is 2.50. The van der Waals surface area contributed by atoms with Gasteiger partial charge in [-0.3, -0.25) is 9.21 Å². The number of aromatic nitrogens is 3. The Hall–Kier alpha value is -1.79. The Bertz CT molecular complexity index is 797. The fourth-order valence-corrected chi connectivity index (χ4v) is 4.34. The predicted octanol–water partition coefficient (Wildman–Crippen LogP) is 3.33. The summed E-state index contributed by atoms with van der Waals surface area (Å²) in [5.41, 5.74) is 1.12. The maximum absolute atomic E-state index is 11.4. The summed E-state index contributed by atoms with van der Waals surface area (Å²) in [6.45, 7) is 2.97. The minimum absolute atomic E-state index is 0.0516. The van der Waals surface area contributed by atoms with Crippen molar-refractivity contribution in [3.05, 3.63) is 41.7 Å². The molecule has 0 spiro atoms. The van der Waals surface area contributed by atoms with Crippen LogP contribution in [0.4, 0.5) is 5.95 Å². The first-order chi connectivity index (χ1) is 12.5. The lowest BCUT2D eigenvalue weighted by Crippen LogP contribution is -2.43. The highest BCUT2D eigenvalue weighted by atomic mass is 35.5. The summed E-state index contributed by atoms with van der Waals surface area (Å²) in [4.78, 5) is 13.6. The maximum atomic E-state index is 11.4. The second kappa shape index (κ2) is 6.74. The van der Waals surface area contributed by atoms with Crippen LogP contribution in [0.25, 0.3) is 0 Å². The zero-order valence-electron chi connectivity index (χ0n) is 14.6. The van der Waals surface area contributed by atoms with Crippen molar-refractivity contribution in [1.82, 2.24) is 18.7 Å². The maximum Gasteiger partial charge on any atom is 0.242 e. The van der Waals surface area contributed by atoms with E-state index in [1.807, 2.05) is 18.2 Å². The molecule has 1 aliphatic carbocycles. The van der Waals surface area contributed by atoms with Gasteiger partial charge in [-0.25, -0.2) is 4.09 Å². The zero-order valence-corrected chi connectivity index (χ0v) is 16.1. The minimum Gasteiger partial charge on any atom is -0.340 e. The Morgan fingerprint density at radius 2 is 1.85 bits per heavy atom. The van der Waals surface area contributed by atoms with Gasteiger partial charge in [-0.15, -0.1) is 10.2 Å². The molecule has 6 nitrogen and oxygen atoms in total. The fraction of sp³-hybridized carbons (Fsp3) is 0.500. The van der Waals surface area contributed by atoms with Crippen LogP contribution in [0.15, 0.2) is 30.3 Å². The number of amides is 1. The summed E-state index contributed by atoms with van der Waals surface area (Å²) >= 11 is 12.7. The van der Waals surface area contributed by atoms with E-state index in [2.05, 4.69) is 27.2 Å². The Morgan fingerprint density at radius 1 is 1.19 bits per heavy atom. The molecule has 1 amide bonds. The molecule has 1 saturated heterocycles. The molecule has 0 unspecified atom stereocenters. The lowest BCUT2D eigenvalue weighted by atomic mass is 9.95. The Morgan fingerprint density at radius 3 is 2.42 bits per heavy atom. The van der Waals surface area contributed by atoms with Crippen LogP contribution in [-0.4, -0.2) is 43.7 Å². The third-order valence-electron chi connectivity index (χ3n) is 5.47. The number of carbonyl (C=O) groups excluding carboxylic acids is 1. The van der Waals surface area contributed by atoms with Crippen molar-refractivity contribution in [3.63, 3.8) is 0 Å². The van der Waals surface area contributed by atoms with Crippen molar-refractivity contribution in [2.45, 2.75) is 44.1 Å². The lowest BCUT2D eigenvalue weighted by Gasteiger charge is -2.34. The van der Waals surface area contributed by atoms with E-state index in [-0.39, 0.29) is 17.4 Å². The molecule has 0 radical (unpaired) electrons. The summed E-state index contributed by atoms with van der Waals surface area (Å²) in [7, 11) is 0. The molecule has 1 saturated carbocycles. The van der Waals surface area contributed by atoms with Gasteiger partial charge < -0.3 is 4.90 Å². The number of carbonyl (C=O) groups is 1. The molecule has 26 heavy (non-hydrogen) atoms. The average Bonchev–Trinajstić information content (AvgIpc) is 3.38. The van der Waals surface area contributed by atoms with Crippen LogP contribution in [0.1, 0.15) is 44.0 Å². The van der Waals surface area contributed by atoms with Gasteiger partial charge in [0.2, 0.25) is 11.9 Å². The molecule has 2 heterocycles. The van der Waals surface area contributed by atoms with Crippen LogP contribution < -0.4 is 4.90 Å². The Kier molecular flexibility index (Phi) is 4.57. The van der Waals surface area contributed by atoms with Crippen molar-refractivity contribution in [2.75, 3.05) is 18.0 Å². The van der Waals surface area contributed by atoms with Gasteiger partial charge in [0.1, 0.15) is 0 Å². The third-order valence-corrected chi connectivity index (χ3v) is 6.29. The molecular weight excluding hydrogens is 373 g/mol. The SMILES string of the molecule is CC(=O)N(Cl)C1CCN(c2nnc(C3(c4ccccc4)CC3)n2Cl)CC1. The topological polar surface area (TPSA) is 54.3 Å². The summed E-state index contributed by atoms with van der Waals surface area (Å²) in [5, 5.41) is 8.80. The lowest BCUT2D eigenvalue weighted by molar-refractivity contribution is -0.126. The van der Waals surface area contributed by atoms with Crippen LogP contribution in [0.3, 0.4) is 0 Å². The first kappa shape index (κ1) is 17.6. The average molecular weight is 394 g/mol. The van der Waals surface area contributed by atoms with Gasteiger partial charge in [0.05, 0.1) is 11.5 Å². The Labute approximate surface area is 162 Å². The predicted molar refractivity (Wildman–Crippen MR) is 101 cm³/mol. The number of anilines is 1. The molecular formula is C18H21Cl2N5O. The second-order valence-electron chi connectivity index (χ2n) is 7.10. The van der Waals surface area contributed by atoms with Crippen LogP contribution in [-0.2, 0) is 10.2 Å². The number of hydrogen-bond acceptors (Lipinski definition) is 4. The monoisotopic (exact) mass is 393 g/mol. The third kappa shape index (κ3) is 2.95. The van der Waals surface area contributed by atoms with E-state index in [1.165, 1.54) is 16.9 Å². The number of rotatable bonds is 4. The van der Waals surface area contributed by atoms with E-state index in [0.29, 0.717) is 5.95 Å². The molecule has 0 N–H and O–H groups in total. The highest BCUT2D eigenvalue weighted by Crippen LogP contribution is 2.53. The normalized spacial score (nSPS) is 19.4. The van der Waals surface area contributed by atoms with Gasteiger partial charge in [0.25, 0.3) is 0 Å². The molecule has 4 rings (SSSR count). The molecule has 0 atom stereocenters. The number of benzene rings is 1. The second-order valence-corrected chi connectivity index (χ2v) is 7.80. The number of nitrogens with zero attached hydrogens (tertiary/aromatic N) is 5. The highest BCUT2D eigenvalue weighted by molar-refractivity contribution is 6.21. The Balaban J connectivity index is 1.52. The molecule has 138 valence electrons. The molecule has 1 aliphatic heterocycles. The van der Waals surface area contributed by atoms with Crippen molar-refractivity contribution in [3.8, 4) is 0 Å². The van der Waals surface area contributed by atoms with Gasteiger partial charge in [-0.05, 0) is 31.2 Å². The van der Waals surface area contributed by atoms with Crippen molar-refractivity contribution < 1.29 is 4.79 Å². The van der Waals surface area contributed by atoms with Gasteiger partial charge in [0.15, 0.2) is 5.82 Å². The number of hydrogen-bond donors (Lipinski definition) is 0. The molecule has 1 aromatic carbocycles. The molecule has 8 heteroatoms. The molecule has 1 aromatic heterocycles. The number of piperidine rings is 1. The van der Waals surface area contributed by atoms with E-state index in [9.17, 15) is 4.79 Å². The van der Waals surface area contributed by atoms with Crippen molar-refractivity contribution in [1.29, 1.82) is 0 Å². The quantitative estimate of drug-likeness (QED) is 0.747. The summed E-state index contributed by atoms with van der Waals surface area (Å²) < 4.78 is 2.92. The van der Waals surface area contributed by atoms with Crippen LogP contribution in [0.5, 0.6) is 0 Å². The molecule has 2 fully saturated rings. The minimum atomic E-state index is -0.119. The first-order valence-electron chi connectivity index (χ1n) is 8.91. The van der Waals surface area contributed by atoms with Crippen LogP contribution >= 0.6 is 23.6 Å². The van der Waals surface area contributed by atoms with Crippen molar-refractivity contribution >= 4 is 35.4 Å². The van der Waals surface area contributed by atoms with Crippen LogP contribution in [0.2, 0.25) is 0 Å². The van der Waals surface area contributed by atoms with Crippen LogP contribution in [0, 0.1) is 0 Å². The molecule has 0 bridgehead atoms. The largest absolute Gasteiger partial charge is 0.340 e. The van der Waals surface area contributed by atoms with Gasteiger partial charge in [-0.2, -0.15) is 0 Å². The van der Waals surface area contributed by atoms with Gasteiger partial charge in [0, 0.05) is 43.6 Å². The first-order valence-corrected chi connectivity index (χ1v) is 9.58. The van der Waals surface area contributed by atoms with E-state index in [0.717, 1.165) is 44.6 Å². The van der Waals surface area contributed by atoms with E-state index in [4.69, 9.17) is 23.6 Å². The van der Waals surface area contributed by atoms with Gasteiger partial charge >= 0.3 is 0 Å². The zero-order chi connectivity index (χ0) is 18.3. The summed E-state index contributed by atoms with van der Waals surface area (Å²) in [5.74, 6) is 1.36. The number of halogens is 2. The smallest absolute Gasteiger partial charge is 0.242 e. The molecule has 2 aliphatic rings. The van der Waals surface area contributed by atoms with E-state index in [1.54, 1.807) is 4.09 Å². The summed E-state index contributed by atoms with van der Waals surface area (Å²) in [6, 6.07) is 10.4. The van der Waals surface area contributed by atoms with Crippen molar-refractivity contribution in [2.24, 2.45) is 0 Å². The summed E-state index contributed by atoms with van der Waals surface area (Å²) in [6.07, 6.45) is 3.63. The van der Waals surface area contributed by atoms with Gasteiger partial charge in [-0.1, -0.05) is 30.3 Å².